The number of halogens is 3. The number of carbonyl (C=O) groups excluding carboxylic acids is 2. The third kappa shape index (κ3) is 4.71. The molecule has 0 atom stereocenters. The van der Waals surface area contributed by atoms with Gasteiger partial charge in [-0.3, -0.25) is 9.59 Å². The second-order valence-electron chi connectivity index (χ2n) is 9.25. The quantitative estimate of drug-likeness (QED) is 0.360. The maximum Gasteiger partial charge on any atom is 0.339 e. The molecule has 0 saturated heterocycles. The predicted octanol–water partition coefficient (Wildman–Crippen LogP) is 6.85. The average molecular weight is 581 g/mol. The SMILES string of the molecule is CCN1C2=C(C(=O)CCC2)C(c2cc(Cl)cc(Cl)c2OS(=O)(=O)c2ccc(Cl)cc2)C2=C1CCCC2=O. The van der Waals surface area contributed by atoms with Gasteiger partial charge >= 0.3 is 10.1 Å². The van der Waals surface area contributed by atoms with Gasteiger partial charge in [0.1, 0.15) is 4.90 Å². The van der Waals surface area contributed by atoms with Crippen LogP contribution in [-0.2, 0) is 19.7 Å². The van der Waals surface area contributed by atoms with Gasteiger partial charge in [-0.1, -0.05) is 34.8 Å². The highest BCUT2D eigenvalue weighted by Crippen LogP contribution is 2.52. The largest absolute Gasteiger partial charge is 0.377 e. The molecule has 3 aliphatic rings. The molecule has 0 fully saturated rings. The number of nitrogens with zero attached hydrogens (tertiary/aromatic N) is 1. The Morgan fingerprint density at radius 2 is 1.43 bits per heavy atom. The molecule has 1 aliphatic heterocycles. The van der Waals surface area contributed by atoms with Crippen LogP contribution in [0.25, 0.3) is 0 Å². The number of allylic oxidation sites excluding steroid dienone is 4. The fourth-order valence-corrected chi connectivity index (χ4v) is 7.24. The number of hydrogen-bond donors (Lipinski definition) is 0. The van der Waals surface area contributed by atoms with Crippen molar-refractivity contribution in [2.45, 2.75) is 56.3 Å². The van der Waals surface area contributed by atoms with Crippen molar-refractivity contribution < 1.29 is 22.2 Å². The monoisotopic (exact) mass is 579 g/mol. The molecule has 0 radical (unpaired) electrons. The highest BCUT2D eigenvalue weighted by atomic mass is 35.5. The molecule has 0 unspecified atom stereocenters. The first-order valence-corrected chi connectivity index (χ1v) is 14.7. The topological polar surface area (TPSA) is 80.8 Å². The highest BCUT2D eigenvalue weighted by molar-refractivity contribution is 7.87. The number of benzene rings is 2. The fourth-order valence-electron chi connectivity index (χ4n) is 5.55. The van der Waals surface area contributed by atoms with E-state index in [1.807, 2.05) is 6.92 Å². The van der Waals surface area contributed by atoms with Crippen molar-refractivity contribution in [3.63, 3.8) is 0 Å². The fraction of sp³-hybridized carbons (Fsp3) is 0.333. The third-order valence-corrected chi connectivity index (χ3v) is 9.03. The first kappa shape index (κ1) is 26.3. The lowest BCUT2D eigenvalue weighted by molar-refractivity contribution is -0.117. The predicted molar refractivity (Wildman–Crippen MR) is 143 cm³/mol. The number of carbonyl (C=O) groups is 2. The van der Waals surface area contributed by atoms with Gasteiger partial charge in [0, 0.05) is 63.5 Å². The number of Topliss-reactive ketones (excluding diaryl/α,β-unsaturated/α-hetero) is 2. The van der Waals surface area contributed by atoms with Crippen molar-refractivity contribution in [3.8, 4) is 5.75 Å². The van der Waals surface area contributed by atoms with Crippen LogP contribution in [0, 0.1) is 0 Å². The zero-order valence-electron chi connectivity index (χ0n) is 20.0. The van der Waals surface area contributed by atoms with Gasteiger partial charge in [-0.25, -0.2) is 0 Å². The van der Waals surface area contributed by atoms with Gasteiger partial charge < -0.3 is 9.08 Å². The lowest BCUT2D eigenvalue weighted by Crippen LogP contribution is -2.39. The average Bonchev–Trinajstić information content (AvgIpc) is 2.85. The number of rotatable bonds is 5. The highest BCUT2D eigenvalue weighted by Gasteiger charge is 2.44. The van der Waals surface area contributed by atoms with E-state index in [-0.39, 0.29) is 37.8 Å². The molecular formula is C27H24Cl3NO5S. The van der Waals surface area contributed by atoms with Crippen LogP contribution >= 0.6 is 34.8 Å². The molecule has 2 aliphatic carbocycles. The molecule has 5 rings (SSSR count). The van der Waals surface area contributed by atoms with Gasteiger partial charge in [0.05, 0.1) is 5.02 Å². The summed E-state index contributed by atoms with van der Waals surface area (Å²) < 4.78 is 32.1. The van der Waals surface area contributed by atoms with Crippen LogP contribution in [0.3, 0.4) is 0 Å². The van der Waals surface area contributed by atoms with Crippen molar-refractivity contribution in [2.75, 3.05) is 6.54 Å². The summed E-state index contributed by atoms with van der Waals surface area (Å²) in [6.45, 7) is 2.62. The van der Waals surface area contributed by atoms with E-state index in [2.05, 4.69) is 4.90 Å². The van der Waals surface area contributed by atoms with Crippen LogP contribution in [0.2, 0.25) is 15.1 Å². The summed E-state index contributed by atoms with van der Waals surface area (Å²) in [6.07, 6.45) is 3.48. The molecule has 10 heteroatoms. The second-order valence-corrected chi connectivity index (χ2v) is 12.1. The van der Waals surface area contributed by atoms with Crippen LogP contribution in [0.4, 0.5) is 0 Å². The van der Waals surface area contributed by atoms with Gasteiger partial charge in [-0.2, -0.15) is 8.42 Å². The molecule has 1 heterocycles. The van der Waals surface area contributed by atoms with E-state index in [1.54, 1.807) is 6.07 Å². The maximum absolute atomic E-state index is 13.4. The van der Waals surface area contributed by atoms with E-state index < -0.39 is 16.0 Å². The van der Waals surface area contributed by atoms with Gasteiger partial charge in [-0.05, 0) is 69.0 Å². The summed E-state index contributed by atoms with van der Waals surface area (Å²) >= 11 is 18.9. The third-order valence-electron chi connectivity index (χ3n) is 7.05. The number of hydrogen-bond acceptors (Lipinski definition) is 6. The van der Waals surface area contributed by atoms with E-state index in [1.165, 1.54) is 30.3 Å². The van der Waals surface area contributed by atoms with Crippen molar-refractivity contribution in [1.82, 2.24) is 4.90 Å². The Morgan fingerprint density at radius 1 is 0.865 bits per heavy atom. The first-order valence-electron chi connectivity index (χ1n) is 12.1. The Labute approximate surface area is 231 Å². The smallest absolute Gasteiger partial charge is 0.339 e. The summed E-state index contributed by atoms with van der Waals surface area (Å²) in [7, 11) is -4.33. The Morgan fingerprint density at radius 3 is 1.97 bits per heavy atom. The summed E-state index contributed by atoms with van der Waals surface area (Å²) in [6, 6.07) is 8.48. The minimum atomic E-state index is -4.33. The molecule has 0 saturated carbocycles. The van der Waals surface area contributed by atoms with Crippen molar-refractivity contribution in [2.24, 2.45) is 0 Å². The molecule has 0 N–H and O–H groups in total. The maximum atomic E-state index is 13.4. The van der Waals surface area contributed by atoms with Crippen LogP contribution in [0.5, 0.6) is 5.75 Å². The molecule has 2 aromatic carbocycles. The van der Waals surface area contributed by atoms with Crippen molar-refractivity contribution >= 4 is 56.5 Å². The Kier molecular flexibility index (Phi) is 7.18. The van der Waals surface area contributed by atoms with Gasteiger partial charge in [-0.15, -0.1) is 0 Å². The van der Waals surface area contributed by atoms with E-state index in [0.29, 0.717) is 61.2 Å². The molecule has 0 spiro atoms. The molecular weight excluding hydrogens is 557 g/mol. The standard InChI is InChI=1S/C27H24Cl3NO5S/c1-2-31-20-5-3-7-22(32)25(20)24(26-21(31)6-4-8-23(26)33)18-13-16(29)14-19(30)27(18)36-37(34,35)17-11-9-15(28)10-12-17/h9-14,24H,2-8H2,1H3. The first-order chi connectivity index (χ1) is 17.6. The molecule has 0 bridgehead atoms. The Bertz CT molecular complexity index is 1430. The molecule has 6 nitrogen and oxygen atoms in total. The lowest BCUT2D eigenvalue weighted by atomic mass is 9.70. The number of ketones is 2. The summed E-state index contributed by atoms with van der Waals surface area (Å²) in [4.78, 5) is 28.8. The normalized spacial score (nSPS) is 18.8. The molecule has 37 heavy (non-hydrogen) atoms. The van der Waals surface area contributed by atoms with Crippen molar-refractivity contribution in [3.05, 3.63) is 79.6 Å². The zero-order chi connectivity index (χ0) is 26.5. The molecule has 0 aromatic heterocycles. The Hall–Kier alpha value is -2.32. The van der Waals surface area contributed by atoms with E-state index in [4.69, 9.17) is 39.0 Å². The lowest BCUT2D eigenvalue weighted by Gasteiger charge is -2.43. The van der Waals surface area contributed by atoms with Gasteiger partial charge in [0.2, 0.25) is 0 Å². The molecule has 194 valence electrons. The van der Waals surface area contributed by atoms with E-state index >= 15 is 0 Å². The van der Waals surface area contributed by atoms with Crippen LogP contribution < -0.4 is 4.18 Å². The Balaban J connectivity index is 1.74. The minimum absolute atomic E-state index is 0.0335. The summed E-state index contributed by atoms with van der Waals surface area (Å²) in [5.41, 5.74) is 3.03. The molecule has 2 aromatic rings. The van der Waals surface area contributed by atoms with Gasteiger partial charge in [0.15, 0.2) is 17.3 Å². The minimum Gasteiger partial charge on any atom is -0.377 e. The van der Waals surface area contributed by atoms with Crippen molar-refractivity contribution in [1.29, 1.82) is 0 Å². The molecule has 0 amide bonds. The van der Waals surface area contributed by atoms with Crippen LogP contribution in [0.1, 0.15) is 56.9 Å². The van der Waals surface area contributed by atoms with Crippen LogP contribution in [0.15, 0.2) is 63.8 Å². The second kappa shape index (κ2) is 10.1. The summed E-state index contributed by atoms with van der Waals surface area (Å²) in [5.74, 6) is -1.11. The van der Waals surface area contributed by atoms with Gasteiger partial charge in [0.25, 0.3) is 0 Å². The zero-order valence-corrected chi connectivity index (χ0v) is 23.1. The van der Waals surface area contributed by atoms with E-state index in [9.17, 15) is 18.0 Å². The van der Waals surface area contributed by atoms with E-state index in [0.717, 1.165) is 11.4 Å². The van der Waals surface area contributed by atoms with Crippen LogP contribution in [-0.4, -0.2) is 31.4 Å². The summed E-state index contributed by atoms with van der Waals surface area (Å²) in [5, 5.41) is 0.580.